The van der Waals surface area contributed by atoms with Crippen molar-refractivity contribution in [2.75, 3.05) is 14.2 Å². The Balaban J connectivity index is 2.22. The Morgan fingerprint density at radius 3 is 2.56 bits per heavy atom. The fourth-order valence-electron chi connectivity index (χ4n) is 1.38. The molecule has 86 valence electrons. The molecule has 1 aliphatic rings. The van der Waals surface area contributed by atoms with Gasteiger partial charge in [-0.3, -0.25) is 0 Å². The predicted octanol–water partition coefficient (Wildman–Crippen LogP) is 2.02. The number of ether oxygens (including phenoxy) is 3. The Labute approximate surface area is 94.1 Å². The number of hydrogen-bond acceptors (Lipinski definition) is 4. The summed E-state index contributed by atoms with van der Waals surface area (Å²) in [6, 6.07) is 5.04. The summed E-state index contributed by atoms with van der Waals surface area (Å²) >= 11 is 0. The fourth-order valence-corrected chi connectivity index (χ4v) is 1.38. The van der Waals surface area contributed by atoms with E-state index in [2.05, 4.69) is 4.74 Å². The molecule has 16 heavy (non-hydrogen) atoms. The first kappa shape index (κ1) is 10.8. The molecule has 0 bridgehead atoms. The van der Waals surface area contributed by atoms with Gasteiger partial charge in [0, 0.05) is 0 Å². The summed E-state index contributed by atoms with van der Waals surface area (Å²) in [5.74, 6) is 0.865. The van der Waals surface area contributed by atoms with Gasteiger partial charge in [-0.1, -0.05) is 0 Å². The molecule has 1 aromatic carbocycles. The minimum atomic E-state index is -0.378. The lowest BCUT2D eigenvalue weighted by Gasteiger charge is -2.10. The molecular formula is C12H14O4. The van der Waals surface area contributed by atoms with E-state index >= 15 is 0 Å². The van der Waals surface area contributed by atoms with Gasteiger partial charge in [0.15, 0.2) is 11.5 Å². The zero-order valence-corrected chi connectivity index (χ0v) is 9.36. The van der Waals surface area contributed by atoms with Gasteiger partial charge in [0.05, 0.1) is 25.9 Å². The predicted molar refractivity (Wildman–Crippen MR) is 58.0 cm³/mol. The van der Waals surface area contributed by atoms with Crippen LogP contribution in [0.15, 0.2) is 18.2 Å². The molecule has 4 nitrogen and oxygen atoms in total. The van der Waals surface area contributed by atoms with Crippen LogP contribution in [0.25, 0.3) is 0 Å². The zero-order valence-electron chi connectivity index (χ0n) is 9.36. The molecule has 0 N–H and O–H groups in total. The number of hydrogen-bond donors (Lipinski definition) is 0. The van der Waals surface area contributed by atoms with Crippen LogP contribution in [0, 0.1) is 0 Å². The SMILES string of the molecule is COC(=O)c1ccc(OC2CC2)c(OC)c1. The molecule has 1 aromatic rings. The summed E-state index contributed by atoms with van der Waals surface area (Å²) < 4.78 is 15.4. The highest BCUT2D eigenvalue weighted by Crippen LogP contribution is 2.34. The lowest BCUT2D eigenvalue weighted by molar-refractivity contribution is 0.0600. The van der Waals surface area contributed by atoms with E-state index in [-0.39, 0.29) is 5.97 Å². The highest BCUT2D eigenvalue weighted by atomic mass is 16.5. The van der Waals surface area contributed by atoms with Crippen LogP contribution >= 0.6 is 0 Å². The quantitative estimate of drug-likeness (QED) is 0.731. The summed E-state index contributed by atoms with van der Waals surface area (Å²) in [6.07, 6.45) is 2.47. The average Bonchev–Trinajstić information content (AvgIpc) is 3.12. The van der Waals surface area contributed by atoms with E-state index in [0.717, 1.165) is 12.8 Å². The van der Waals surface area contributed by atoms with E-state index in [1.165, 1.54) is 7.11 Å². The van der Waals surface area contributed by atoms with Crippen molar-refractivity contribution in [1.29, 1.82) is 0 Å². The molecule has 1 saturated carbocycles. The van der Waals surface area contributed by atoms with Gasteiger partial charge in [-0.2, -0.15) is 0 Å². The van der Waals surface area contributed by atoms with Crippen LogP contribution in [0.5, 0.6) is 11.5 Å². The van der Waals surface area contributed by atoms with Crippen LogP contribution < -0.4 is 9.47 Å². The van der Waals surface area contributed by atoms with Crippen LogP contribution in [0.4, 0.5) is 0 Å². The second kappa shape index (κ2) is 4.43. The fraction of sp³-hybridized carbons (Fsp3) is 0.417. The molecule has 0 unspecified atom stereocenters. The maximum atomic E-state index is 11.3. The standard InChI is InChI=1S/C12H14O4/c1-14-11-7-8(12(13)15-2)3-6-10(11)16-9-4-5-9/h3,6-7,9H,4-5H2,1-2H3. The molecule has 2 rings (SSSR count). The zero-order chi connectivity index (χ0) is 11.5. The molecule has 0 radical (unpaired) electrons. The molecule has 1 fully saturated rings. The summed E-state index contributed by atoms with van der Waals surface area (Å²) in [4.78, 5) is 11.3. The largest absolute Gasteiger partial charge is 0.493 e. The van der Waals surface area contributed by atoms with Crippen LogP contribution in [0.1, 0.15) is 23.2 Å². The van der Waals surface area contributed by atoms with Crippen molar-refractivity contribution in [1.82, 2.24) is 0 Å². The minimum Gasteiger partial charge on any atom is -0.493 e. The molecule has 0 spiro atoms. The minimum absolute atomic E-state index is 0.304. The van der Waals surface area contributed by atoms with E-state index in [1.54, 1.807) is 25.3 Å². The maximum absolute atomic E-state index is 11.3. The van der Waals surface area contributed by atoms with Gasteiger partial charge >= 0.3 is 5.97 Å². The Hall–Kier alpha value is -1.71. The molecule has 0 aromatic heterocycles. The summed E-state index contributed by atoms with van der Waals surface area (Å²) in [5.41, 5.74) is 0.461. The van der Waals surface area contributed by atoms with Gasteiger partial charge in [0.1, 0.15) is 0 Å². The Morgan fingerprint density at radius 1 is 1.25 bits per heavy atom. The van der Waals surface area contributed by atoms with Crippen molar-refractivity contribution < 1.29 is 19.0 Å². The monoisotopic (exact) mass is 222 g/mol. The first-order valence-electron chi connectivity index (χ1n) is 5.17. The van der Waals surface area contributed by atoms with E-state index in [1.807, 2.05) is 0 Å². The van der Waals surface area contributed by atoms with Crippen LogP contribution in [-0.2, 0) is 4.74 Å². The van der Waals surface area contributed by atoms with Crippen molar-refractivity contribution in [2.24, 2.45) is 0 Å². The molecule has 0 aliphatic heterocycles. The van der Waals surface area contributed by atoms with Gasteiger partial charge in [-0.05, 0) is 31.0 Å². The van der Waals surface area contributed by atoms with Gasteiger partial charge in [-0.15, -0.1) is 0 Å². The highest BCUT2D eigenvalue weighted by Gasteiger charge is 2.25. The molecule has 0 amide bonds. The molecule has 0 heterocycles. The first-order valence-corrected chi connectivity index (χ1v) is 5.17. The van der Waals surface area contributed by atoms with E-state index < -0.39 is 0 Å². The Bertz CT molecular complexity index is 396. The number of rotatable bonds is 4. The normalized spacial score (nSPS) is 14.4. The van der Waals surface area contributed by atoms with E-state index in [0.29, 0.717) is 23.2 Å². The maximum Gasteiger partial charge on any atom is 0.337 e. The van der Waals surface area contributed by atoms with Crippen molar-refractivity contribution >= 4 is 5.97 Å². The summed E-state index contributed by atoms with van der Waals surface area (Å²) in [7, 11) is 2.90. The van der Waals surface area contributed by atoms with Gasteiger partial charge in [0.2, 0.25) is 0 Å². The van der Waals surface area contributed by atoms with Gasteiger partial charge in [-0.25, -0.2) is 4.79 Å². The smallest absolute Gasteiger partial charge is 0.337 e. The van der Waals surface area contributed by atoms with E-state index in [4.69, 9.17) is 9.47 Å². The summed E-state index contributed by atoms with van der Waals surface area (Å²) in [6.45, 7) is 0. The Kier molecular flexibility index (Phi) is 2.99. The number of methoxy groups -OCH3 is 2. The summed E-state index contributed by atoms with van der Waals surface area (Å²) in [5, 5.41) is 0. The van der Waals surface area contributed by atoms with Crippen molar-refractivity contribution in [3.05, 3.63) is 23.8 Å². The number of esters is 1. The van der Waals surface area contributed by atoms with Crippen molar-refractivity contribution in [2.45, 2.75) is 18.9 Å². The van der Waals surface area contributed by atoms with Crippen LogP contribution in [0.2, 0.25) is 0 Å². The lowest BCUT2D eigenvalue weighted by Crippen LogP contribution is -2.03. The molecule has 1 aliphatic carbocycles. The number of carbonyl (C=O) groups excluding carboxylic acids is 1. The van der Waals surface area contributed by atoms with Gasteiger partial charge in [0.25, 0.3) is 0 Å². The average molecular weight is 222 g/mol. The third-order valence-corrected chi connectivity index (χ3v) is 2.40. The molecule has 0 saturated heterocycles. The number of benzene rings is 1. The first-order chi connectivity index (χ1) is 7.74. The molecular weight excluding hydrogens is 208 g/mol. The second-order valence-corrected chi connectivity index (χ2v) is 3.67. The lowest BCUT2D eigenvalue weighted by atomic mass is 10.2. The third-order valence-electron chi connectivity index (χ3n) is 2.40. The van der Waals surface area contributed by atoms with Crippen molar-refractivity contribution in [3.63, 3.8) is 0 Å². The van der Waals surface area contributed by atoms with E-state index in [9.17, 15) is 4.79 Å². The molecule has 4 heteroatoms. The number of carbonyl (C=O) groups is 1. The molecule has 0 atom stereocenters. The third kappa shape index (κ3) is 2.27. The Morgan fingerprint density at radius 2 is 2.00 bits per heavy atom. The van der Waals surface area contributed by atoms with Crippen LogP contribution in [-0.4, -0.2) is 26.3 Å². The van der Waals surface area contributed by atoms with Crippen molar-refractivity contribution in [3.8, 4) is 11.5 Å². The van der Waals surface area contributed by atoms with Crippen LogP contribution in [0.3, 0.4) is 0 Å². The highest BCUT2D eigenvalue weighted by molar-refractivity contribution is 5.90. The van der Waals surface area contributed by atoms with Gasteiger partial charge < -0.3 is 14.2 Å². The topological polar surface area (TPSA) is 44.8 Å². The second-order valence-electron chi connectivity index (χ2n) is 3.67.